The molecule has 142 valence electrons. The van der Waals surface area contributed by atoms with Gasteiger partial charge in [-0.2, -0.15) is 0 Å². The normalized spacial score (nSPS) is 9.89. The largest absolute Gasteiger partial charge is 0.508 e. The van der Waals surface area contributed by atoms with E-state index in [9.17, 15) is 20.4 Å². The summed E-state index contributed by atoms with van der Waals surface area (Å²) in [6.45, 7) is 5.61. The van der Waals surface area contributed by atoms with Crippen LogP contribution in [0.4, 0.5) is 22.7 Å². The van der Waals surface area contributed by atoms with Gasteiger partial charge in [-0.25, -0.2) is 0 Å². The molecule has 0 amide bonds. The third-order valence-corrected chi connectivity index (χ3v) is 3.80. The third kappa shape index (κ3) is 4.76. The molecule has 3 rings (SSSR count). The molecule has 0 aliphatic carbocycles. The molecule has 6 N–H and O–H groups in total. The fourth-order valence-electron chi connectivity index (χ4n) is 2.39. The van der Waals surface area contributed by atoms with Crippen molar-refractivity contribution in [2.75, 3.05) is 10.6 Å². The van der Waals surface area contributed by atoms with Gasteiger partial charge in [0, 0.05) is 16.9 Å². The van der Waals surface area contributed by atoms with Gasteiger partial charge in [-0.3, -0.25) is 0 Å². The first-order valence-electron chi connectivity index (χ1n) is 8.61. The number of aromatic hydroxyl groups is 4. The molecule has 0 atom stereocenters. The Morgan fingerprint density at radius 2 is 0.926 bits per heavy atom. The smallest absolute Gasteiger partial charge is 0.145 e. The standard InChI is InChI=1S/C19H18N2O4.C2H6/c1-11-18(24)16(20-12-2-6-14(22)7-3-12)10-17(19(11)25)21-13-4-8-15(23)9-5-13;1-2/h2-10,20-25H,1H3;1-2H3. The molecule has 3 aromatic carbocycles. The molecule has 0 spiro atoms. The van der Waals surface area contributed by atoms with Crippen molar-refractivity contribution in [3.8, 4) is 23.0 Å². The highest BCUT2D eigenvalue weighted by Gasteiger charge is 2.15. The van der Waals surface area contributed by atoms with E-state index in [0.29, 0.717) is 28.3 Å². The van der Waals surface area contributed by atoms with Crippen molar-refractivity contribution in [1.82, 2.24) is 0 Å². The number of hydrogen-bond donors (Lipinski definition) is 6. The van der Waals surface area contributed by atoms with Crippen molar-refractivity contribution in [2.24, 2.45) is 0 Å². The highest BCUT2D eigenvalue weighted by Crippen LogP contribution is 2.42. The molecule has 0 bridgehead atoms. The molecular weight excluding hydrogens is 344 g/mol. The van der Waals surface area contributed by atoms with Crippen LogP contribution in [0.25, 0.3) is 0 Å². The van der Waals surface area contributed by atoms with E-state index in [1.165, 1.54) is 24.3 Å². The van der Waals surface area contributed by atoms with Gasteiger partial charge in [0.2, 0.25) is 0 Å². The van der Waals surface area contributed by atoms with E-state index < -0.39 is 0 Å². The highest BCUT2D eigenvalue weighted by atomic mass is 16.3. The Balaban J connectivity index is 0.00000126. The first-order valence-corrected chi connectivity index (χ1v) is 8.61. The zero-order valence-corrected chi connectivity index (χ0v) is 15.5. The molecule has 0 saturated carbocycles. The predicted molar refractivity (Wildman–Crippen MR) is 109 cm³/mol. The molecule has 0 aliphatic heterocycles. The van der Waals surface area contributed by atoms with Gasteiger partial charge in [0.1, 0.15) is 23.0 Å². The number of phenols is 4. The zero-order valence-electron chi connectivity index (χ0n) is 15.5. The summed E-state index contributed by atoms with van der Waals surface area (Å²) in [5, 5.41) is 45.4. The van der Waals surface area contributed by atoms with Gasteiger partial charge in [0.05, 0.1) is 11.4 Å². The van der Waals surface area contributed by atoms with Crippen LogP contribution in [0.1, 0.15) is 19.4 Å². The van der Waals surface area contributed by atoms with Crippen LogP contribution in [0.5, 0.6) is 23.0 Å². The lowest BCUT2D eigenvalue weighted by Crippen LogP contribution is -1.97. The van der Waals surface area contributed by atoms with E-state index in [4.69, 9.17) is 0 Å². The van der Waals surface area contributed by atoms with Crippen LogP contribution < -0.4 is 10.6 Å². The lowest BCUT2D eigenvalue weighted by Gasteiger charge is -2.16. The second-order valence-electron chi connectivity index (χ2n) is 5.64. The van der Waals surface area contributed by atoms with Crippen molar-refractivity contribution < 1.29 is 20.4 Å². The minimum absolute atomic E-state index is 0.0677. The van der Waals surface area contributed by atoms with Crippen molar-refractivity contribution in [3.63, 3.8) is 0 Å². The van der Waals surface area contributed by atoms with Gasteiger partial charge < -0.3 is 31.1 Å². The summed E-state index contributed by atoms with van der Waals surface area (Å²) in [6, 6.07) is 14.4. The fraction of sp³-hybridized carbons (Fsp3) is 0.143. The quantitative estimate of drug-likeness (QED) is 0.275. The van der Waals surface area contributed by atoms with E-state index in [0.717, 1.165) is 0 Å². The molecular formula is C21H24N2O4. The van der Waals surface area contributed by atoms with Gasteiger partial charge in [0.15, 0.2) is 0 Å². The number of benzene rings is 3. The third-order valence-electron chi connectivity index (χ3n) is 3.80. The molecule has 6 nitrogen and oxygen atoms in total. The fourth-order valence-corrected chi connectivity index (χ4v) is 2.39. The maximum absolute atomic E-state index is 10.3. The summed E-state index contributed by atoms with van der Waals surface area (Å²) >= 11 is 0. The van der Waals surface area contributed by atoms with E-state index in [2.05, 4.69) is 10.6 Å². The summed E-state index contributed by atoms with van der Waals surface area (Å²) in [6.07, 6.45) is 0. The van der Waals surface area contributed by atoms with Crippen molar-refractivity contribution >= 4 is 22.7 Å². The number of hydrogen-bond acceptors (Lipinski definition) is 6. The summed E-state index contributed by atoms with van der Waals surface area (Å²) in [4.78, 5) is 0. The van der Waals surface area contributed by atoms with E-state index >= 15 is 0 Å². The average Bonchev–Trinajstić information content (AvgIpc) is 2.69. The SMILES string of the molecule is CC.Cc1c(O)c(Nc2ccc(O)cc2)cc(Nc2ccc(O)cc2)c1O. The number of rotatable bonds is 4. The number of anilines is 4. The summed E-state index contributed by atoms with van der Waals surface area (Å²) in [5.74, 6) is 0.154. The maximum atomic E-state index is 10.3. The molecule has 0 radical (unpaired) electrons. The molecule has 0 saturated heterocycles. The molecule has 0 aliphatic rings. The Morgan fingerprint density at radius 3 is 1.26 bits per heavy atom. The molecule has 0 aromatic heterocycles. The second kappa shape index (κ2) is 8.71. The minimum Gasteiger partial charge on any atom is -0.508 e. The molecule has 6 heteroatoms. The van der Waals surface area contributed by atoms with Gasteiger partial charge in [-0.15, -0.1) is 0 Å². The first-order chi connectivity index (χ1) is 12.9. The average molecular weight is 368 g/mol. The van der Waals surface area contributed by atoms with Crippen LogP contribution >= 0.6 is 0 Å². The Labute approximate surface area is 158 Å². The van der Waals surface area contributed by atoms with Crippen LogP contribution in [-0.2, 0) is 0 Å². The van der Waals surface area contributed by atoms with Gasteiger partial charge in [-0.05, 0) is 61.5 Å². The monoisotopic (exact) mass is 368 g/mol. The van der Waals surface area contributed by atoms with Crippen LogP contribution in [0, 0.1) is 6.92 Å². The lowest BCUT2D eigenvalue weighted by molar-refractivity contribution is 0.446. The van der Waals surface area contributed by atoms with Gasteiger partial charge >= 0.3 is 0 Å². The Hall–Kier alpha value is -3.54. The number of phenolic OH excluding ortho intramolecular Hbond substituents is 4. The molecule has 0 fully saturated rings. The van der Waals surface area contributed by atoms with Gasteiger partial charge in [0.25, 0.3) is 0 Å². The van der Waals surface area contributed by atoms with E-state index in [1.54, 1.807) is 37.3 Å². The molecule has 3 aromatic rings. The van der Waals surface area contributed by atoms with E-state index in [1.807, 2.05) is 13.8 Å². The summed E-state index contributed by atoms with van der Waals surface area (Å²) < 4.78 is 0. The van der Waals surface area contributed by atoms with Crippen molar-refractivity contribution in [2.45, 2.75) is 20.8 Å². The summed E-state index contributed by atoms with van der Waals surface area (Å²) in [7, 11) is 0. The van der Waals surface area contributed by atoms with E-state index in [-0.39, 0.29) is 23.0 Å². The number of nitrogens with one attached hydrogen (secondary N) is 2. The molecule has 0 unspecified atom stereocenters. The summed E-state index contributed by atoms with van der Waals surface area (Å²) in [5.41, 5.74) is 2.48. The van der Waals surface area contributed by atoms with Crippen LogP contribution in [0.15, 0.2) is 54.6 Å². The molecule has 27 heavy (non-hydrogen) atoms. The minimum atomic E-state index is -0.0677. The predicted octanol–water partition coefficient (Wildman–Crippen LogP) is 5.33. The Morgan fingerprint density at radius 1 is 0.593 bits per heavy atom. The lowest BCUT2D eigenvalue weighted by atomic mass is 10.1. The van der Waals surface area contributed by atoms with Crippen molar-refractivity contribution in [3.05, 3.63) is 60.2 Å². The first kappa shape index (κ1) is 19.8. The van der Waals surface area contributed by atoms with Gasteiger partial charge in [-0.1, -0.05) is 13.8 Å². The maximum Gasteiger partial charge on any atom is 0.145 e. The second-order valence-corrected chi connectivity index (χ2v) is 5.64. The molecule has 0 heterocycles. The Bertz CT molecular complexity index is 820. The van der Waals surface area contributed by atoms with Crippen LogP contribution in [-0.4, -0.2) is 20.4 Å². The van der Waals surface area contributed by atoms with Crippen LogP contribution in [0.2, 0.25) is 0 Å². The highest BCUT2D eigenvalue weighted by molar-refractivity contribution is 5.80. The Kier molecular flexibility index (Phi) is 6.38. The van der Waals surface area contributed by atoms with Crippen LogP contribution in [0.3, 0.4) is 0 Å². The van der Waals surface area contributed by atoms with Crippen molar-refractivity contribution in [1.29, 1.82) is 0 Å². The topological polar surface area (TPSA) is 105 Å². The zero-order chi connectivity index (χ0) is 20.0.